The van der Waals surface area contributed by atoms with Gasteiger partial charge in [0.1, 0.15) is 0 Å². The summed E-state index contributed by atoms with van der Waals surface area (Å²) in [7, 11) is 4.31. The minimum absolute atomic E-state index is 0.272. The summed E-state index contributed by atoms with van der Waals surface area (Å²) < 4.78 is 13.1. The SMILES string of the molecule is CCCCCC=CCC=CCCCCCCCCC1(CCCCCCCCCCCCCCCC)OCC(CCN(C)C)O1. The average molecular weight is 618 g/mol. The molecule has 0 aliphatic carbocycles. The molecule has 1 fully saturated rings. The Labute approximate surface area is 277 Å². The average Bonchev–Trinajstić information content (AvgIpc) is 3.43. The van der Waals surface area contributed by atoms with Crippen LogP contribution < -0.4 is 0 Å². The van der Waals surface area contributed by atoms with Gasteiger partial charge in [0.15, 0.2) is 5.79 Å². The highest BCUT2D eigenvalue weighted by Gasteiger charge is 2.40. The monoisotopic (exact) mass is 618 g/mol. The van der Waals surface area contributed by atoms with E-state index in [0.717, 1.165) is 38.8 Å². The Balaban J connectivity index is 2.14. The first-order chi connectivity index (χ1) is 21.6. The third-order valence-corrected chi connectivity index (χ3v) is 9.48. The van der Waals surface area contributed by atoms with E-state index in [-0.39, 0.29) is 11.9 Å². The van der Waals surface area contributed by atoms with Gasteiger partial charge in [-0.15, -0.1) is 0 Å². The Morgan fingerprint density at radius 2 is 0.955 bits per heavy atom. The normalized spacial score (nSPS) is 19.0. The number of hydrogen-bond acceptors (Lipinski definition) is 3. The molecule has 2 unspecified atom stereocenters. The van der Waals surface area contributed by atoms with Crippen molar-refractivity contribution in [2.45, 2.75) is 212 Å². The maximum absolute atomic E-state index is 6.68. The van der Waals surface area contributed by atoms with E-state index in [1.54, 1.807) is 0 Å². The van der Waals surface area contributed by atoms with Gasteiger partial charge in [-0.3, -0.25) is 0 Å². The molecule has 1 aliphatic heterocycles. The number of rotatable bonds is 33. The van der Waals surface area contributed by atoms with Crippen LogP contribution in [-0.4, -0.2) is 44.0 Å². The summed E-state index contributed by atoms with van der Waals surface area (Å²) in [4.78, 5) is 2.26. The summed E-state index contributed by atoms with van der Waals surface area (Å²) in [6.45, 7) is 6.44. The molecule has 1 saturated heterocycles. The van der Waals surface area contributed by atoms with Gasteiger partial charge >= 0.3 is 0 Å². The number of unbranched alkanes of at least 4 members (excludes halogenated alkanes) is 22. The van der Waals surface area contributed by atoms with Crippen LogP contribution in [0, 0.1) is 0 Å². The first kappa shape index (κ1) is 41.4. The molecule has 0 aromatic rings. The van der Waals surface area contributed by atoms with Crippen LogP contribution in [0.5, 0.6) is 0 Å². The third-order valence-electron chi connectivity index (χ3n) is 9.48. The molecule has 0 radical (unpaired) electrons. The molecule has 3 heteroatoms. The topological polar surface area (TPSA) is 21.7 Å². The van der Waals surface area contributed by atoms with Crippen molar-refractivity contribution < 1.29 is 9.47 Å². The maximum Gasteiger partial charge on any atom is 0.168 e. The molecule has 1 heterocycles. The molecule has 0 amide bonds. The smallest absolute Gasteiger partial charge is 0.168 e. The summed E-state index contributed by atoms with van der Waals surface area (Å²) >= 11 is 0. The van der Waals surface area contributed by atoms with Crippen molar-refractivity contribution in [2.24, 2.45) is 0 Å². The van der Waals surface area contributed by atoms with Crippen molar-refractivity contribution in [3.05, 3.63) is 24.3 Å². The summed E-state index contributed by atoms with van der Waals surface area (Å²) in [6, 6.07) is 0. The first-order valence-electron chi connectivity index (χ1n) is 19.9. The largest absolute Gasteiger partial charge is 0.347 e. The van der Waals surface area contributed by atoms with Gasteiger partial charge in [0.05, 0.1) is 12.7 Å². The van der Waals surface area contributed by atoms with Crippen LogP contribution in [-0.2, 0) is 9.47 Å². The summed E-state index contributed by atoms with van der Waals surface area (Å²) in [5.74, 6) is -0.302. The fourth-order valence-corrected chi connectivity index (χ4v) is 6.52. The van der Waals surface area contributed by atoms with Crippen molar-refractivity contribution in [1.29, 1.82) is 0 Å². The van der Waals surface area contributed by atoms with Crippen LogP contribution in [0.1, 0.15) is 200 Å². The molecule has 1 aliphatic rings. The van der Waals surface area contributed by atoms with E-state index in [1.807, 2.05) is 0 Å². The molecule has 0 N–H and O–H groups in total. The Hall–Kier alpha value is -0.640. The Kier molecular flexibility index (Phi) is 29.1. The number of nitrogens with zero attached hydrogens (tertiary/aromatic N) is 1. The first-order valence-corrected chi connectivity index (χ1v) is 19.9. The highest BCUT2D eigenvalue weighted by atomic mass is 16.7. The van der Waals surface area contributed by atoms with E-state index in [4.69, 9.17) is 9.47 Å². The highest BCUT2D eigenvalue weighted by molar-refractivity contribution is 4.92. The van der Waals surface area contributed by atoms with E-state index in [0.29, 0.717) is 0 Å². The van der Waals surface area contributed by atoms with Gasteiger partial charge in [0, 0.05) is 19.4 Å². The Morgan fingerprint density at radius 1 is 0.545 bits per heavy atom. The van der Waals surface area contributed by atoms with Gasteiger partial charge in [-0.05, 0) is 65.5 Å². The summed E-state index contributed by atoms with van der Waals surface area (Å²) in [5, 5.41) is 0. The van der Waals surface area contributed by atoms with E-state index in [2.05, 4.69) is 57.1 Å². The standard InChI is InChI=1S/C41H79NO2/c1-5-7-9-11-13-15-17-19-21-22-24-26-28-30-32-34-37-41(43-39-40(44-41)35-38-42(3)4)36-33-31-29-27-25-23-20-18-16-14-12-10-8-6-2/h13,15,19,21,40H,5-12,14,16-18,20,22-39H2,1-4H3. The lowest BCUT2D eigenvalue weighted by molar-refractivity contribution is -0.180. The quantitative estimate of drug-likeness (QED) is 0.0540. The lowest BCUT2D eigenvalue weighted by atomic mass is 9.98. The fraction of sp³-hybridized carbons (Fsp3) is 0.902. The molecule has 0 spiro atoms. The van der Waals surface area contributed by atoms with E-state index in [1.165, 1.54) is 161 Å². The van der Waals surface area contributed by atoms with E-state index < -0.39 is 0 Å². The zero-order valence-corrected chi connectivity index (χ0v) is 30.6. The van der Waals surface area contributed by atoms with Crippen LogP contribution in [0.25, 0.3) is 0 Å². The predicted molar refractivity (Wildman–Crippen MR) is 196 cm³/mol. The van der Waals surface area contributed by atoms with Crippen molar-refractivity contribution in [1.82, 2.24) is 4.90 Å². The van der Waals surface area contributed by atoms with Crippen LogP contribution in [0.2, 0.25) is 0 Å². The van der Waals surface area contributed by atoms with Crippen molar-refractivity contribution in [2.75, 3.05) is 27.2 Å². The summed E-state index contributed by atoms with van der Waals surface area (Å²) in [6.07, 6.45) is 48.2. The molecule has 260 valence electrons. The van der Waals surface area contributed by atoms with Gasteiger partial charge in [-0.2, -0.15) is 0 Å². The maximum atomic E-state index is 6.68. The molecule has 3 nitrogen and oxygen atoms in total. The predicted octanol–water partition coefficient (Wildman–Crippen LogP) is 13.1. The molecule has 0 aromatic carbocycles. The molecule has 2 atom stereocenters. The third kappa shape index (κ3) is 25.5. The van der Waals surface area contributed by atoms with Gasteiger partial charge < -0.3 is 14.4 Å². The molecular weight excluding hydrogens is 538 g/mol. The van der Waals surface area contributed by atoms with Crippen molar-refractivity contribution in [3.8, 4) is 0 Å². The minimum atomic E-state index is -0.302. The summed E-state index contributed by atoms with van der Waals surface area (Å²) in [5.41, 5.74) is 0. The van der Waals surface area contributed by atoms with Crippen molar-refractivity contribution in [3.63, 3.8) is 0 Å². The lowest BCUT2D eigenvalue weighted by Gasteiger charge is -2.29. The molecule has 44 heavy (non-hydrogen) atoms. The highest BCUT2D eigenvalue weighted by Crippen LogP contribution is 2.35. The second-order valence-corrected chi connectivity index (χ2v) is 14.2. The number of hydrogen-bond donors (Lipinski definition) is 0. The van der Waals surface area contributed by atoms with Crippen LogP contribution in [0.4, 0.5) is 0 Å². The van der Waals surface area contributed by atoms with E-state index >= 15 is 0 Å². The second kappa shape index (κ2) is 31.0. The Bertz CT molecular complexity index is 645. The number of allylic oxidation sites excluding steroid dienone is 4. The lowest BCUT2D eigenvalue weighted by Crippen LogP contribution is -2.31. The number of ether oxygens (including phenoxy) is 2. The zero-order chi connectivity index (χ0) is 31.8. The molecule has 0 saturated carbocycles. The van der Waals surface area contributed by atoms with Crippen LogP contribution in [0.3, 0.4) is 0 Å². The molecule has 1 rings (SSSR count). The van der Waals surface area contributed by atoms with Crippen LogP contribution >= 0.6 is 0 Å². The fourth-order valence-electron chi connectivity index (χ4n) is 6.52. The van der Waals surface area contributed by atoms with Gasteiger partial charge in [-0.25, -0.2) is 0 Å². The van der Waals surface area contributed by atoms with Gasteiger partial charge in [0.25, 0.3) is 0 Å². The Morgan fingerprint density at radius 3 is 1.43 bits per heavy atom. The van der Waals surface area contributed by atoms with Crippen LogP contribution in [0.15, 0.2) is 24.3 Å². The molecule has 0 bridgehead atoms. The minimum Gasteiger partial charge on any atom is -0.347 e. The second-order valence-electron chi connectivity index (χ2n) is 14.2. The molecule has 0 aromatic heterocycles. The van der Waals surface area contributed by atoms with Gasteiger partial charge in [-0.1, -0.05) is 160 Å². The van der Waals surface area contributed by atoms with E-state index in [9.17, 15) is 0 Å². The van der Waals surface area contributed by atoms with Crippen molar-refractivity contribution >= 4 is 0 Å². The van der Waals surface area contributed by atoms with Gasteiger partial charge in [0.2, 0.25) is 0 Å². The zero-order valence-electron chi connectivity index (χ0n) is 30.6. The molecular formula is C41H79NO2.